The van der Waals surface area contributed by atoms with Crippen LogP contribution >= 0.6 is 0 Å². The Kier molecular flexibility index (Phi) is 59.8. The lowest BCUT2D eigenvalue weighted by Crippen LogP contribution is -2.30. The molecule has 0 rings (SSSR count). The molecule has 0 fully saturated rings. The lowest BCUT2D eigenvalue weighted by atomic mass is 10.1. The number of esters is 3. The molecule has 0 radical (unpaired) electrons. The van der Waals surface area contributed by atoms with Crippen molar-refractivity contribution in [2.75, 3.05) is 13.2 Å². The predicted molar refractivity (Wildman–Crippen MR) is 325 cm³/mol. The Morgan fingerprint density at radius 2 is 0.547 bits per heavy atom. The quantitative estimate of drug-likeness (QED) is 0.0261. The second-order valence-corrected chi connectivity index (χ2v) is 20.9. The van der Waals surface area contributed by atoms with Gasteiger partial charge in [0.1, 0.15) is 13.2 Å². The van der Waals surface area contributed by atoms with Gasteiger partial charge in [0.15, 0.2) is 6.10 Å². The molecule has 0 aromatic heterocycles. The number of carbonyl (C=O) groups excluding carboxylic acids is 3. The number of hydrogen-bond donors (Lipinski definition) is 0. The molecule has 1 atom stereocenters. The van der Waals surface area contributed by atoms with Gasteiger partial charge in [-0.05, 0) is 109 Å². The molecule has 6 heteroatoms. The molecule has 0 bridgehead atoms. The highest BCUT2D eigenvalue weighted by molar-refractivity contribution is 5.71. The summed E-state index contributed by atoms with van der Waals surface area (Å²) in [6.45, 7) is 6.48. The van der Waals surface area contributed by atoms with Gasteiger partial charge >= 0.3 is 17.9 Å². The third kappa shape index (κ3) is 61.1. The Morgan fingerprint density at radius 1 is 0.280 bits per heavy atom. The van der Waals surface area contributed by atoms with Gasteiger partial charge in [0.25, 0.3) is 0 Å². The van der Waals surface area contributed by atoms with Crippen LogP contribution in [0, 0.1) is 0 Å². The zero-order chi connectivity index (χ0) is 54.3. The van der Waals surface area contributed by atoms with Crippen LogP contribution in [0.5, 0.6) is 0 Å². The molecule has 75 heavy (non-hydrogen) atoms. The van der Waals surface area contributed by atoms with Gasteiger partial charge in [0, 0.05) is 19.3 Å². The molecule has 0 unspecified atom stereocenters. The summed E-state index contributed by atoms with van der Waals surface area (Å²) in [4.78, 5) is 38.3. The highest BCUT2D eigenvalue weighted by Crippen LogP contribution is 2.15. The minimum absolute atomic E-state index is 0.104. The van der Waals surface area contributed by atoms with Gasteiger partial charge in [-0.25, -0.2) is 0 Å². The minimum atomic E-state index is -0.814. The molecule has 0 aliphatic heterocycles. The van der Waals surface area contributed by atoms with Crippen molar-refractivity contribution < 1.29 is 28.6 Å². The van der Waals surface area contributed by atoms with Gasteiger partial charge in [-0.2, -0.15) is 0 Å². The molecule has 0 spiro atoms. The van der Waals surface area contributed by atoms with E-state index >= 15 is 0 Å². The molecule has 0 aliphatic carbocycles. The van der Waals surface area contributed by atoms with Crippen molar-refractivity contribution in [2.45, 2.75) is 309 Å². The van der Waals surface area contributed by atoms with Gasteiger partial charge in [-0.1, -0.05) is 272 Å². The Labute approximate surface area is 464 Å². The van der Waals surface area contributed by atoms with Gasteiger partial charge in [-0.15, -0.1) is 0 Å². The van der Waals surface area contributed by atoms with E-state index < -0.39 is 6.10 Å². The summed E-state index contributed by atoms with van der Waals surface area (Å²) in [7, 11) is 0. The second-order valence-electron chi connectivity index (χ2n) is 20.9. The highest BCUT2D eigenvalue weighted by Gasteiger charge is 2.19. The molecule has 430 valence electrons. The van der Waals surface area contributed by atoms with Crippen LogP contribution in [0.4, 0.5) is 0 Å². The van der Waals surface area contributed by atoms with Crippen molar-refractivity contribution in [1.82, 2.24) is 0 Å². The predicted octanol–water partition coefficient (Wildman–Crippen LogP) is 21.7. The topological polar surface area (TPSA) is 78.9 Å². The average molecular weight is 1040 g/mol. The van der Waals surface area contributed by atoms with Gasteiger partial charge in [0.05, 0.1) is 0 Å². The first-order valence-electron chi connectivity index (χ1n) is 31.7. The SMILES string of the molecule is CC/C=C\C/C=C\C/C=C\C/C=C\C/C=C\C/C=C\CCC(=O)OC[C@@H](COC(=O)CCCCCCCCC/C=C\CCCCCCCCCC)OC(=O)CCCCCCCCC/C=C\CCCCCCCCCC. The molecule has 0 amide bonds. The lowest BCUT2D eigenvalue weighted by molar-refractivity contribution is -0.166. The Hall–Kier alpha value is -3.67. The van der Waals surface area contributed by atoms with Crippen molar-refractivity contribution in [3.8, 4) is 0 Å². The van der Waals surface area contributed by atoms with Crippen LogP contribution in [0.15, 0.2) is 97.2 Å². The summed E-state index contributed by atoms with van der Waals surface area (Å²) in [6.07, 6.45) is 84.2. The summed E-state index contributed by atoms with van der Waals surface area (Å²) < 4.78 is 16.9. The molecule has 6 nitrogen and oxygen atoms in total. The highest BCUT2D eigenvalue weighted by atomic mass is 16.6. The number of unbranched alkanes of at least 4 members (excludes halogenated alkanes) is 30. The Bertz CT molecular complexity index is 1480. The van der Waals surface area contributed by atoms with Crippen LogP contribution < -0.4 is 0 Å². The molecular weight excluding hydrogens is 925 g/mol. The van der Waals surface area contributed by atoms with Crippen molar-refractivity contribution in [2.24, 2.45) is 0 Å². The van der Waals surface area contributed by atoms with Crippen LogP contribution in [-0.4, -0.2) is 37.2 Å². The van der Waals surface area contributed by atoms with Gasteiger partial charge in [0.2, 0.25) is 0 Å². The summed E-state index contributed by atoms with van der Waals surface area (Å²) in [5, 5.41) is 0. The smallest absolute Gasteiger partial charge is 0.306 e. The molecular formula is C69H118O6. The zero-order valence-electron chi connectivity index (χ0n) is 49.3. The van der Waals surface area contributed by atoms with Crippen molar-refractivity contribution in [1.29, 1.82) is 0 Å². The van der Waals surface area contributed by atoms with E-state index in [1.165, 1.54) is 180 Å². The fourth-order valence-corrected chi connectivity index (χ4v) is 8.81. The first kappa shape index (κ1) is 71.3. The van der Waals surface area contributed by atoms with Crippen molar-refractivity contribution in [3.63, 3.8) is 0 Å². The molecule has 0 saturated heterocycles. The maximum absolute atomic E-state index is 12.9. The number of rotatable bonds is 57. The van der Waals surface area contributed by atoms with Crippen LogP contribution in [0.1, 0.15) is 303 Å². The van der Waals surface area contributed by atoms with E-state index in [9.17, 15) is 14.4 Å². The number of allylic oxidation sites excluding steroid dienone is 16. The molecule has 0 aromatic rings. The van der Waals surface area contributed by atoms with E-state index in [2.05, 4.69) is 112 Å². The van der Waals surface area contributed by atoms with Crippen LogP contribution in [0.25, 0.3) is 0 Å². The summed E-state index contributed by atoms with van der Waals surface area (Å²) >= 11 is 0. The minimum Gasteiger partial charge on any atom is -0.462 e. The number of hydrogen-bond acceptors (Lipinski definition) is 6. The largest absolute Gasteiger partial charge is 0.462 e. The van der Waals surface area contributed by atoms with Crippen molar-refractivity contribution in [3.05, 3.63) is 97.2 Å². The standard InChI is InChI=1S/C69H118O6/c1-4-7-10-13-16-19-22-25-28-31-34-37-40-43-46-49-52-55-58-61-67(70)73-64-66(75-69(72)63-60-57-54-51-48-45-42-39-36-33-30-27-24-21-18-15-12-9-6-3)65-74-68(71)62-59-56-53-50-47-44-41-38-35-32-29-26-23-20-17-14-11-8-5-2/h7,10,16,19,25,28,32-37,43,46,52,55,66H,4-6,8-9,11-15,17-18,20-24,26-27,29-31,38-42,44-45,47-51,53-54,56-65H2,1-3H3/b10-7-,19-16-,28-25-,35-32-,36-33-,37-34-,46-43-,55-52-/t66-/m0/s1. The first-order valence-corrected chi connectivity index (χ1v) is 31.7. The molecule has 0 N–H and O–H groups in total. The van der Waals surface area contributed by atoms with E-state index in [1.807, 2.05) is 6.08 Å². The van der Waals surface area contributed by atoms with Crippen LogP contribution in [-0.2, 0) is 28.6 Å². The third-order valence-corrected chi connectivity index (χ3v) is 13.6. The van der Waals surface area contributed by atoms with E-state index in [1.54, 1.807) is 0 Å². The van der Waals surface area contributed by atoms with E-state index in [-0.39, 0.29) is 37.5 Å². The molecule has 0 heterocycles. The molecule has 0 aliphatic rings. The fourth-order valence-electron chi connectivity index (χ4n) is 8.81. The lowest BCUT2D eigenvalue weighted by Gasteiger charge is -2.18. The maximum Gasteiger partial charge on any atom is 0.306 e. The maximum atomic E-state index is 12.9. The monoisotopic (exact) mass is 1040 g/mol. The summed E-state index contributed by atoms with van der Waals surface area (Å²) in [5.41, 5.74) is 0. The fraction of sp³-hybridized carbons (Fsp3) is 0.725. The number of ether oxygens (including phenoxy) is 3. The summed E-state index contributed by atoms with van der Waals surface area (Å²) in [5.74, 6) is -0.991. The first-order chi connectivity index (χ1) is 37.0. The molecule has 0 saturated carbocycles. The third-order valence-electron chi connectivity index (χ3n) is 13.6. The second kappa shape index (κ2) is 62.9. The Morgan fingerprint density at radius 3 is 0.893 bits per heavy atom. The zero-order valence-corrected chi connectivity index (χ0v) is 49.3. The van der Waals surface area contributed by atoms with Gasteiger partial charge in [-0.3, -0.25) is 14.4 Å². The molecule has 0 aromatic carbocycles. The van der Waals surface area contributed by atoms with Gasteiger partial charge < -0.3 is 14.2 Å². The Balaban J connectivity index is 4.49. The van der Waals surface area contributed by atoms with E-state index in [0.29, 0.717) is 19.3 Å². The van der Waals surface area contributed by atoms with Crippen LogP contribution in [0.3, 0.4) is 0 Å². The van der Waals surface area contributed by atoms with E-state index in [4.69, 9.17) is 14.2 Å². The number of carbonyl (C=O) groups is 3. The average Bonchev–Trinajstić information content (AvgIpc) is 3.41. The van der Waals surface area contributed by atoms with E-state index in [0.717, 1.165) is 77.0 Å². The normalized spacial score (nSPS) is 12.7. The summed E-state index contributed by atoms with van der Waals surface area (Å²) in [6, 6.07) is 0. The van der Waals surface area contributed by atoms with Crippen LogP contribution in [0.2, 0.25) is 0 Å². The van der Waals surface area contributed by atoms with Crippen molar-refractivity contribution >= 4 is 17.9 Å².